The molecule has 0 heteroatoms. The topological polar surface area (TPSA) is 0 Å². The monoisotopic (exact) mass is 684 g/mol. The van der Waals surface area contributed by atoms with E-state index in [1.54, 1.807) is 0 Å². The highest BCUT2D eigenvalue weighted by molar-refractivity contribution is 6.22. The molecule has 0 heterocycles. The Bertz CT molecular complexity index is 2930. The quantitative estimate of drug-likeness (QED) is 0.153. The van der Waals surface area contributed by atoms with Gasteiger partial charge in [0.15, 0.2) is 0 Å². The lowest BCUT2D eigenvalue weighted by Gasteiger charge is -2.20. The Morgan fingerprint density at radius 1 is 0.185 bits per heavy atom. The van der Waals surface area contributed by atoms with E-state index < -0.39 is 0 Å². The summed E-state index contributed by atoms with van der Waals surface area (Å²) < 4.78 is 0. The maximum atomic E-state index is 2.37. The first-order valence-corrected chi connectivity index (χ1v) is 18.7. The minimum Gasteiger partial charge on any atom is -0.0622 e. The molecule has 0 amide bonds. The lowest BCUT2D eigenvalue weighted by molar-refractivity contribution is 1.57. The summed E-state index contributed by atoms with van der Waals surface area (Å²) in [6, 6.07) is 79.7. The van der Waals surface area contributed by atoms with Crippen molar-refractivity contribution in [3.8, 4) is 66.8 Å². The molecule has 0 bridgehead atoms. The van der Waals surface area contributed by atoms with Gasteiger partial charge in [-0.1, -0.05) is 194 Å². The van der Waals surface area contributed by atoms with Crippen LogP contribution in [0.1, 0.15) is 0 Å². The molecule has 0 fully saturated rings. The molecule has 0 aliphatic heterocycles. The van der Waals surface area contributed by atoms with E-state index in [0.29, 0.717) is 0 Å². The van der Waals surface area contributed by atoms with Crippen molar-refractivity contribution < 1.29 is 0 Å². The van der Waals surface area contributed by atoms with Crippen molar-refractivity contribution in [2.45, 2.75) is 0 Å². The van der Waals surface area contributed by atoms with E-state index in [4.69, 9.17) is 0 Å². The highest BCUT2D eigenvalue weighted by atomic mass is 14.2. The Labute approximate surface area is 316 Å². The van der Waals surface area contributed by atoms with Crippen LogP contribution in [0.15, 0.2) is 218 Å². The third-order valence-corrected chi connectivity index (χ3v) is 10.8. The van der Waals surface area contributed by atoms with Crippen LogP contribution >= 0.6 is 0 Å². The SMILES string of the molecule is c1ccc(-c2ccccc2-c2c3ccccc3c(-c3cccc(-c4cccc(-c5cccc(-c6ccc7ccccc7c6)c5)c4)c3)c3ccccc23)cc1. The molecule has 0 aliphatic carbocycles. The summed E-state index contributed by atoms with van der Waals surface area (Å²) in [7, 11) is 0. The van der Waals surface area contributed by atoms with E-state index in [-0.39, 0.29) is 0 Å². The van der Waals surface area contributed by atoms with Crippen LogP contribution in [0.3, 0.4) is 0 Å². The van der Waals surface area contributed by atoms with Crippen molar-refractivity contribution in [1.29, 1.82) is 0 Å². The van der Waals surface area contributed by atoms with Crippen LogP contribution in [-0.2, 0) is 0 Å². The molecular weight excluding hydrogens is 649 g/mol. The Kier molecular flexibility index (Phi) is 7.93. The fourth-order valence-corrected chi connectivity index (χ4v) is 8.28. The largest absolute Gasteiger partial charge is 0.0622 e. The molecule has 0 saturated carbocycles. The molecule has 10 aromatic rings. The predicted octanol–water partition coefficient (Wildman–Crippen LogP) is 15.1. The molecule has 252 valence electrons. The first-order valence-electron chi connectivity index (χ1n) is 18.7. The standard InChI is InChI=1S/C54H36/c1-2-16-38(17-3-1)47-25-6-7-26-48(47)54-51-29-10-8-27-49(51)53(50-28-9-11-30-52(50)54)46-24-14-23-44(36-46)42-21-12-19-40(34-42)41-20-13-22-43(35-41)45-32-31-37-15-4-5-18-39(37)33-45/h1-36H. The van der Waals surface area contributed by atoms with E-state index in [0.717, 1.165) is 0 Å². The van der Waals surface area contributed by atoms with E-state index in [1.807, 2.05) is 0 Å². The van der Waals surface area contributed by atoms with Crippen LogP contribution in [0.25, 0.3) is 99.1 Å². The van der Waals surface area contributed by atoms with Crippen LogP contribution in [0.2, 0.25) is 0 Å². The Hall–Kier alpha value is -7.02. The minimum absolute atomic E-state index is 1.20. The molecule has 0 spiro atoms. The smallest absolute Gasteiger partial charge is 0.00201 e. The summed E-state index contributed by atoms with van der Waals surface area (Å²) >= 11 is 0. The van der Waals surface area contributed by atoms with Crippen LogP contribution < -0.4 is 0 Å². The molecule has 0 radical (unpaired) electrons. The zero-order valence-electron chi connectivity index (χ0n) is 29.8. The van der Waals surface area contributed by atoms with E-state index in [9.17, 15) is 0 Å². The molecule has 10 rings (SSSR count). The van der Waals surface area contributed by atoms with Crippen molar-refractivity contribution in [3.05, 3.63) is 218 Å². The first kappa shape index (κ1) is 31.7. The van der Waals surface area contributed by atoms with Gasteiger partial charge in [0.25, 0.3) is 0 Å². The summed E-state index contributed by atoms with van der Waals surface area (Å²) in [5, 5.41) is 7.55. The van der Waals surface area contributed by atoms with Crippen molar-refractivity contribution in [3.63, 3.8) is 0 Å². The average molecular weight is 685 g/mol. The average Bonchev–Trinajstić information content (AvgIpc) is 3.26. The van der Waals surface area contributed by atoms with Gasteiger partial charge in [0.1, 0.15) is 0 Å². The van der Waals surface area contributed by atoms with Gasteiger partial charge in [-0.2, -0.15) is 0 Å². The van der Waals surface area contributed by atoms with E-state index >= 15 is 0 Å². The maximum Gasteiger partial charge on any atom is -0.00201 e. The molecule has 0 unspecified atom stereocenters. The fourth-order valence-electron chi connectivity index (χ4n) is 8.28. The molecule has 0 saturated heterocycles. The number of fused-ring (bicyclic) bond motifs is 3. The van der Waals surface area contributed by atoms with Gasteiger partial charge >= 0.3 is 0 Å². The maximum absolute atomic E-state index is 2.37. The van der Waals surface area contributed by atoms with Crippen molar-refractivity contribution in [2.24, 2.45) is 0 Å². The second-order valence-electron chi connectivity index (χ2n) is 14.1. The normalized spacial score (nSPS) is 11.3. The lowest BCUT2D eigenvalue weighted by atomic mass is 9.83. The molecule has 0 aliphatic rings. The van der Waals surface area contributed by atoms with Gasteiger partial charge in [-0.25, -0.2) is 0 Å². The molecule has 54 heavy (non-hydrogen) atoms. The van der Waals surface area contributed by atoms with Crippen LogP contribution in [-0.4, -0.2) is 0 Å². The predicted molar refractivity (Wildman–Crippen MR) is 232 cm³/mol. The number of benzene rings is 10. The van der Waals surface area contributed by atoms with Gasteiger partial charge in [-0.3, -0.25) is 0 Å². The summed E-state index contributed by atoms with van der Waals surface area (Å²) in [6.07, 6.45) is 0. The molecular formula is C54H36. The van der Waals surface area contributed by atoms with Gasteiger partial charge in [-0.15, -0.1) is 0 Å². The highest BCUT2D eigenvalue weighted by Gasteiger charge is 2.19. The molecule has 10 aromatic carbocycles. The number of hydrogen-bond donors (Lipinski definition) is 0. The van der Waals surface area contributed by atoms with Crippen LogP contribution in [0, 0.1) is 0 Å². The zero-order valence-corrected chi connectivity index (χ0v) is 29.8. The van der Waals surface area contributed by atoms with Crippen LogP contribution in [0.4, 0.5) is 0 Å². The van der Waals surface area contributed by atoms with Gasteiger partial charge in [-0.05, 0) is 123 Å². The third kappa shape index (κ3) is 5.66. The van der Waals surface area contributed by atoms with E-state index in [2.05, 4.69) is 218 Å². The van der Waals surface area contributed by atoms with E-state index in [1.165, 1.54) is 99.1 Å². The third-order valence-electron chi connectivity index (χ3n) is 10.8. The summed E-state index contributed by atoms with van der Waals surface area (Å²) in [5.41, 5.74) is 14.7. The Morgan fingerprint density at radius 3 is 1.15 bits per heavy atom. The lowest BCUT2D eigenvalue weighted by Crippen LogP contribution is -1.93. The fraction of sp³-hybridized carbons (Fsp3) is 0. The van der Waals surface area contributed by atoms with Crippen molar-refractivity contribution in [1.82, 2.24) is 0 Å². The molecule has 0 N–H and O–H groups in total. The summed E-state index contributed by atoms with van der Waals surface area (Å²) in [6.45, 7) is 0. The minimum atomic E-state index is 1.20. The molecule has 0 aromatic heterocycles. The zero-order chi connectivity index (χ0) is 35.8. The molecule has 0 atom stereocenters. The van der Waals surface area contributed by atoms with Crippen LogP contribution in [0.5, 0.6) is 0 Å². The Morgan fingerprint density at radius 2 is 0.574 bits per heavy atom. The first-order chi connectivity index (χ1) is 26.8. The van der Waals surface area contributed by atoms with Gasteiger partial charge in [0, 0.05) is 0 Å². The Balaban J connectivity index is 1.09. The van der Waals surface area contributed by atoms with Gasteiger partial charge in [0.05, 0.1) is 0 Å². The number of hydrogen-bond acceptors (Lipinski definition) is 0. The molecule has 0 nitrogen and oxygen atoms in total. The summed E-state index contributed by atoms with van der Waals surface area (Å²) in [4.78, 5) is 0. The number of rotatable bonds is 6. The van der Waals surface area contributed by atoms with Gasteiger partial charge < -0.3 is 0 Å². The summed E-state index contributed by atoms with van der Waals surface area (Å²) in [5.74, 6) is 0. The second kappa shape index (κ2) is 13.5. The van der Waals surface area contributed by atoms with Crippen molar-refractivity contribution in [2.75, 3.05) is 0 Å². The van der Waals surface area contributed by atoms with Crippen molar-refractivity contribution >= 4 is 32.3 Å². The second-order valence-corrected chi connectivity index (χ2v) is 14.1. The highest BCUT2D eigenvalue weighted by Crippen LogP contribution is 2.46. The van der Waals surface area contributed by atoms with Gasteiger partial charge in [0.2, 0.25) is 0 Å².